The Morgan fingerprint density at radius 1 is 1.19 bits per heavy atom. The van der Waals surface area contributed by atoms with E-state index in [1.165, 1.54) is 42.4 Å². The fourth-order valence-corrected chi connectivity index (χ4v) is 3.99. The zero-order valence-electron chi connectivity index (χ0n) is 17.2. The lowest BCUT2D eigenvalue weighted by Gasteiger charge is -2.28. The summed E-state index contributed by atoms with van der Waals surface area (Å²) >= 11 is 1.50. The molecule has 0 radical (unpaired) electrons. The first-order valence-corrected chi connectivity index (χ1v) is 11.3. The van der Waals surface area contributed by atoms with Crippen LogP contribution in [0.1, 0.15) is 29.6 Å². The molecule has 2 aromatic heterocycles. The van der Waals surface area contributed by atoms with E-state index in [0.717, 1.165) is 42.8 Å². The lowest BCUT2D eigenvalue weighted by molar-refractivity contribution is -0.384. The van der Waals surface area contributed by atoms with Crippen molar-refractivity contribution < 1.29 is 9.72 Å². The van der Waals surface area contributed by atoms with Crippen LogP contribution >= 0.6 is 11.8 Å². The van der Waals surface area contributed by atoms with Crippen LogP contribution in [-0.4, -0.2) is 56.5 Å². The molecule has 1 amide bonds. The Morgan fingerprint density at radius 2 is 1.94 bits per heavy atom. The number of carbonyl (C=O) groups excluding carboxylic acids is 1. The third kappa shape index (κ3) is 4.61. The van der Waals surface area contributed by atoms with Gasteiger partial charge in [-0.25, -0.2) is 14.6 Å². The van der Waals surface area contributed by atoms with Gasteiger partial charge in [-0.1, -0.05) is 11.8 Å². The van der Waals surface area contributed by atoms with Crippen molar-refractivity contribution in [1.82, 2.24) is 25.1 Å². The molecule has 0 bridgehead atoms. The number of nitro groups is 1. The number of carbonyl (C=O) groups is 1. The van der Waals surface area contributed by atoms with Crippen LogP contribution in [0.15, 0.2) is 35.6 Å². The molecule has 11 heteroatoms. The summed E-state index contributed by atoms with van der Waals surface area (Å²) in [6, 6.07) is 5.52. The molecular weight excluding hydrogens is 418 g/mol. The monoisotopic (exact) mass is 441 g/mol. The van der Waals surface area contributed by atoms with Crippen LogP contribution < -0.4 is 10.2 Å². The molecule has 4 rings (SSSR count). The van der Waals surface area contributed by atoms with E-state index >= 15 is 0 Å². The van der Waals surface area contributed by atoms with Gasteiger partial charge in [-0.05, 0) is 37.7 Å². The van der Waals surface area contributed by atoms with Gasteiger partial charge in [-0.2, -0.15) is 5.10 Å². The summed E-state index contributed by atoms with van der Waals surface area (Å²) in [5.74, 6) is 0.634. The van der Waals surface area contributed by atoms with Crippen LogP contribution in [-0.2, 0) is 6.54 Å². The number of non-ortho nitro benzene ring substituents is 1. The van der Waals surface area contributed by atoms with Crippen molar-refractivity contribution in [3.05, 3.63) is 46.1 Å². The number of hydrogen-bond acceptors (Lipinski definition) is 8. The molecule has 1 aliphatic rings. The predicted octanol–water partition coefficient (Wildman–Crippen LogP) is 2.88. The number of nitro benzene ring substituents is 1. The zero-order valence-corrected chi connectivity index (χ0v) is 18.0. The molecule has 1 N–H and O–H groups in total. The summed E-state index contributed by atoms with van der Waals surface area (Å²) in [5, 5.41) is 19.7. The van der Waals surface area contributed by atoms with E-state index in [0.29, 0.717) is 23.8 Å². The second-order valence-electron chi connectivity index (χ2n) is 7.25. The maximum absolute atomic E-state index is 12.3. The van der Waals surface area contributed by atoms with Gasteiger partial charge < -0.3 is 10.2 Å². The minimum absolute atomic E-state index is 0.0478. The highest BCUT2D eigenvalue weighted by Gasteiger charge is 2.19. The molecule has 10 nitrogen and oxygen atoms in total. The van der Waals surface area contributed by atoms with Gasteiger partial charge in [0.05, 0.1) is 23.1 Å². The van der Waals surface area contributed by atoms with Crippen LogP contribution in [0.2, 0.25) is 0 Å². The van der Waals surface area contributed by atoms with E-state index in [1.807, 2.05) is 6.26 Å². The van der Waals surface area contributed by atoms with Gasteiger partial charge in [0.25, 0.3) is 11.6 Å². The van der Waals surface area contributed by atoms with Crippen LogP contribution in [0.3, 0.4) is 0 Å². The summed E-state index contributed by atoms with van der Waals surface area (Å²) in [7, 11) is 0. The largest absolute Gasteiger partial charge is 0.356 e. The molecule has 1 fully saturated rings. The highest BCUT2D eigenvalue weighted by atomic mass is 32.2. The van der Waals surface area contributed by atoms with E-state index in [4.69, 9.17) is 4.98 Å². The average Bonchev–Trinajstić information content (AvgIpc) is 3.21. The zero-order chi connectivity index (χ0) is 21.8. The van der Waals surface area contributed by atoms with Gasteiger partial charge in [-0.15, -0.1) is 0 Å². The number of rotatable bonds is 7. The van der Waals surface area contributed by atoms with Gasteiger partial charge in [-0.3, -0.25) is 14.9 Å². The molecule has 1 aliphatic heterocycles. The highest BCUT2D eigenvalue weighted by molar-refractivity contribution is 7.98. The predicted molar refractivity (Wildman–Crippen MR) is 119 cm³/mol. The van der Waals surface area contributed by atoms with Crippen molar-refractivity contribution in [2.75, 3.05) is 30.8 Å². The number of hydrogen-bond donors (Lipinski definition) is 1. The maximum atomic E-state index is 12.3. The van der Waals surface area contributed by atoms with Crippen molar-refractivity contribution in [3.63, 3.8) is 0 Å². The highest BCUT2D eigenvalue weighted by Crippen LogP contribution is 2.28. The van der Waals surface area contributed by atoms with Gasteiger partial charge in [0.1, 0.15) is 5.82 Å². The third-order valence-corrected chi connectivity index (χ3v) is 5.79. The molecular formula is C20H23N7O3S. The molecule has 0 unspecified atom stereocenters. The molecule has 0 saturated carbocycles. The fourth-order valence-electron chi connectivity index (χ4n) is 3.63. The Kier molecular flexibility index (Phi) is 6.31. The number of nitrogens with one attached hydrogen (secondary N) is 1. The molecule has 0 spiro atoms. The number of nitrogens with zero attached hydrogens (tertiary/aromatic N) is 6. The summed E-state index contributed by atoms with van der Waals surface area (Å²) in [6.07, 6.45) is 7.30. The average molecular weight is 442 g/mol. The van der Waals surface area contributed by atoms with Crippen molar-refractivity contribution in [2.24, 2.45) is 0 Å². The summed E-state index contributed by atoms with van der Waals surface area (Å²) in [4.78, 5) is 34.3. The number of piperidine rings is 1. The number of benzene rings is 1. The summed E-state index contributed by atoms with van der Waals surface area (Å²) < 4.78 is 1.78. The molecule has 31 heavy (non-hydrogen) atoms. The first-order valence-electron chi connectivity index (χ1n) is 10.1. The molecule has 162 valence electrons. The standard InChI is InChI=1S/C20H23N7O3S/c1-31-20-23-17(25-10-3-2-4-11-25)16-13-22-26(18(16)24-20)12-9-21-19(28)14-5-7-15(8-6-14)27(29)30/h5-8,13H,2-4,9-12H2,1H3,(H,21,28). The second-order valence-corrected chi connectivity index (χ2v) is 8.02. The van der Waals surface area contributed by atoms with E-state index in [1.54, 1.807) is 10.9 Å². The topological polar surface area (TPSA) is 119 Å². The molecule has 3 heterocycles. The minimum atomic E-state index is -0.493. The number of fused-ring (bicyclic) bond motifs is 1. The smallest absolute Gasteiger partial charge is 0.269 e. The lowest BCUT2D eigenvalue weighted by Crippen LogP contribution is -2.30. The Hall–Kier alpha value is -3.21. The summed E-state index contributed by atoms with van der Waals surface area (Å²) in [6.45, 7) is 2.77. The minimum Gasteiger partial charge on any atom is -0.356 e. The Morgan fingerprint density at radius 3 is 2.61 bits per heavy atom. The fraction of sp³-hybridized carbons (Fsp3) is 0.400. The van der Waals surface area contributed by atoms with Gasteiger partial charge >= 0.3 is 0 Å². The molecule has 0 aliphatic carbocycles. The summed E-state index contributed by atoms with van der Waals surface area (Å²) in [5.41, 5.74) is 1.08. The van der Waals surface area contributed by atoms with E-state index in [9.17, 15) is 14.9 Å². The van der Waals surface area contributed by atoms with Crippen molar-refractivity contribution in [2.45, 2.75) is 31.0 Å². The Balaban J connectivity index is 1.47. The van der Waals surface area contributed by atoms with E-state index in [-0.39, 0.29) is 11.6 Å². The van der Waals surface area contributed by atoms with E-state index in [2.05, 4.69) is 20.3 Å². The maximum Gasteiger partial charge on any atom is 0.269 e. The van der Waals surface area contributed by atoms with Gasteiger partial charge in [0.15, 0.2) is 10.8 Å². The van der Waals surface area contributed by atoms with Crippen LogP contribution in [0, 0.1) is 10.1 Å². The van der Waals surface area contributed by atoms with Gasteiger partial charge in [0, 0.05) is 37.3 Å². The number of aromatic nitrogens is 4. The molecule has 1 aromatic carbocycles. The number of amides is 1. The first-order chi connectivity index (χ1) is 15.1. The van der Waals surface area contributed by atoms with Gasteiger partial charge in [0.2, 0.25) is 0 Å². The molecule has 1 saturated heterocycles. The Bertz CT molecular complexity index is 1090. The second kappa shape index (κ2) is 9.29. The molecule has 0 atom stereocenters. The first kappa shape index (κ1) is 21.0. The number of anilines is 1. The number of thioether (sulfide) groups is 1. The lowest BCUT2D eigenvalue weighted by atomic mass is 10.1. The van der Waals surface area contributed by atoms with E-state index < -0.39 is 4.92 Å². The third-order valence-electron chi connectivity index (χ3n) is 5.24. The quantitative estimate of drug-likeness (QED) is 0.257. The van der Waals surface area contributed by atoms with Crippen LogP contribution in [0.5, 0.6) is 0 Å². The van der Waals surface area contributed by atoms with Crippen LogP contribution in [0.25, 0.3) is 11.0 Å². The van der Waals surface area contributed by atoms with Crippen LogP contribution in [0.4, 0.5) is 11.5 Å². The van der Waals surface area contributed by atoms with Crippen molar-refractivity contribution in [3.8, 4) is 0 Å². The molecule has 3 aromatic rings. The van der Waals surface area contributed by atoms with Crippen molar-refractivity contribution in [1.29, 1.82) is 0 Å². The normalized spacial score (nSPS) is 14.0. The SMILES string of the molecule is CSc1nc(N2CCCCC2)c2cnn(CCNC(=O)c3ccc([N+](=O)[O-])cc3)c2n1. The van der Waals surface area contributed by atoms with Crippen molar-refractivity contribution >= 4 is 40.2 Å². The Labute approximate surface area is 183 Å².